The fourth-order valence-corrected chi connectivity index (χ4v) is 4.92. The van der Waals surface area contributed by atoms with Gasteiger partial charge in [0.25, 0.3) is 0 Å². The van der Waals surface area contributed by atoms with E-state index in [1.165, 1.54) is 0 Å². The van der Waals surface area contributed by atoms with Gasteiger partial charge in [0.05, 0.1) is 13.7 Å². The lowest BCUT2D eigenvalue weighted by atomic mass is 9.93. The summed E-state index contributed by atoms with van der Waals surface area (Å²) in [6.07, 6.45) is 0. The normalized spacial score (nSPS) is 18.3. The molecule has 1 saturated heterocycles. The molecule has 0 aliphatic carbocycles. The van der Waals surface area contributed by atoms with Gasteiger partial charge in [0.1, 0.15) is 18.0 Å². The highest BCUT2D eigenvalue weighted by Gasteiger charge is 2.46. The van der Waals surface area contributed by atoms with Crippen LogP contribution >= 0.6 is 11.8 Å². The molecule has 2 aromatic rings. The van der Waals surface area contributed by atoms with Gasteiger partial charge in [-0.25, -0.2) is 4.79 Å². The SMILES string of the molecule is CCOC(=O)C1CSC(c2ccc(OC)c(OCc3ccccc3)c2)N1C(=O)C(C)(C)C. The van der Waals surface area contributed by atoms with Crippen LogP contribution in [-0.4, -0.2) is 42.3 Å². The lowest BCUT2D eigenvalue weighted by Crippen LogP contribution is -2.48. The molecule has 0 N–H and O–H groups in total. The number of benzene rings is 2. The molecule has 7 heteroatoms. The molecule has 6 nitrogen and oxygen atoms in total. The van der Waals surface area contributed by atoms with Crippen molar-refractivity contribution < 1.29 is 23.8 Å². The molecule has 2 atom stereocenters. The van der Waals surface area contributed by atoms with Crippen molar-refractivity contribution in [2.45, 2.75) is 45.7 Å². The molecule has 172 valence electrons. The van der Waals surface area contributed by atoms with E-state index < -0.39 is 11.5 Å². The third-order valence-electron chi connectivity index (χ3n) is 5.15. The van der Waals surface area contributed by atoms with Crippen molar-refractivity contribution in [1.29, 1.82) is 0 Å². The summed E-state index contributed by atoms with van der Waals surface area (Å²) >= 11 is 1.55. The quantitative estimate of drug-likeness (QED) is 0.555. The van der Waals surface area contributed by atoms with Gasteiger partial charge in [-0.3, -0.25) is 4.79 Å². The standard InChI is InChI=1S/C25H31NO5S/c1-6-30-23(27)19-16-32-22(26(19)24(28)25(2,3)4)18-12-13-20(29-5)21(14-18)31-15-17-10-8-7-9-11-17/h7-14,19,22H,6,15-16H2,1-5H3. The molecule has 1 aliphatic heterocycles. The molecular formula is C25H31NO5S. The zero-order chi connectivity index (χ0) is 23.3. The Bertz CT molecular complexity index is 941. The van der Waals surface area contributed by atoms with Crippen molar-refractivity contribution in [3.63, 3.8) is 0 Å². The molecule has 0 radical (unpaired) electrons. The number of rotatable bonds is 7. The maximum absolute atomic E-state index is 13.3. The zero-order valence-electron chi connectivity index (χ0n) is 19.3. The lowest BCUT2D eigenvalue weighted by Gasteiger charge is -2.33. The first-order valence-electron chi connectivity index (χ1n) is 10.7. The average Bonchev–Trinajstić information content (AvgIpc) is 3.22. The van der Waals surface area contributed by atoms with Crippen molar-refractivity contribution in [3.05, 3.63) is 59.7 Å². The number of nitrogens with zero attached hydrogens (tertiary/aromatic N) is 1. The van der Waals surface area contributed by atoms with E-state index in [4.69, 9.17) is 14.2 Å². The van der Waals surface area contributed by atoms with E-state index in [2.05, 4.69) is 0 Å². The van der Waals surface area contributed by atoms with Crippen LogP contribution in [0, 0.1) is 5.41 Å². The highest BCUT2D eigenvalue weighted by Crippen LogP contribution is 2.45. The molecule has 1 amide bonds. The van der Waals surface area contributed by atoms with Crippen LogP contribution in [0.25, 0.3) is 0 Å². The Hall–Kier alpha value is -2.67. The minimum Gasteiger partial charge on any atom is -0.493 e. The summed E-state index contributed by atoms with van der Waals surface area (Å²) in [6.45, 7) is 8.03. The molecule has 2 unspecified atom stereocenters. The largest absolute Gasteiger partial charge is 0.493 e. The second-order valence-corrected chi connectivity index (χ2v) is 9.71. The monoisotopic (exact) mass is 457 g/mol. The van der Waals surface area contributed by atoms with E-state index >= 15 is 0 Å². The first kappa shape index (κ1) is 24.0. The minimum absolute atomic E-state index is 0.0897. The number of ether oxygens (including phenoxy) is 3. The van der Waals surface area contributed by atoms with E-state index in [1.54, 1.807) is 30.7 Å². The van der Waals surface area contributed by atoms with E-state index in [-0.39, 0.29) is 23.9 Å². The van der Waals surface area contributed by atoms with Crippen LogP contribution in [0.4, 0.5) is 0 Å². The maximum atomic E-state index is 13.3. The summed E-state index contributed by atoms with van der Waals surface area (Å²) in [6, 6.07) is 14.9. The zero-order valence-corrected chi connectivity index (χ0v) is 20.1. The number of esters is 1. The van der Waals surface area contributed by atoms with Crippen molar-refractivity contribution in [2.75, 3.05) is 19.5 Å². The van der Waals surface area contributed by atoms with Crippen molar-refractivity contribution in [2.24, 2.45) is 5.41 Å². The van der Waals surface area contributed by atoms with E-state index in [0.29, 0.717) is 23.9 Å². The van der Waals surface area contributed by atoms with Crippen LogP contribution in [-0.2, 0) is 20.9 Å². The van der Waals surface area contributed by atoms with Crippen LogP contribution in [0.5, 0.6) is 11.5 Å². The topological polar surface area (TPSA) is 65.1 Å². The van der Waals surface area contributed by atoms with E-state index in [0.717, 1.165) is 11.1 Å². The van der Waals surface area contributed by atoms with Crippen LogP contribution < -0.4 is 9.47 Å². The van der Waals surface area contributed by atoms with Gasteiger partial charge in [-0.2, -0.15) is 0 Å². The fraction of sp³-hybridized carbons (Fsp3) is 0.440. The van der Waals surface area contributed by atoms with Gasteiger partial charge in [0.2, 0.25) is 5.91 Å². The number of carbonyl (C=O) groups excluding carboxylic acids is 2. The molecule has 3 rings (SSSR count). The van der Waals surface area contributed by atoms with Gasteiger partial charge in [-0.05, 0) is 30.2 Å². The number of thioether (sulfide) groups is 1. The highest BCUT2D eigenvalue weighted by molar-refractivity contribution is 7.99. The Balaban J connectivity index is 1.91. The van der Waals surface area contributed by atoms with Crippen LogP contribution in [0.2, 0.25) is 0 Å². The summed E-state index contributed by atoms with van der Waals surface area (Å²) in [5, 5.41) is -0.318. The molecule has 1 aliphatic rings. The predicted octanol–water partition coefficient (Wildman–Crippen LogP) is 4.83. The van der Waals surface area contributed by atoms with Crippen LogP contribution in [0.3, 0.4) is 0 Å². The van der Waals surface area contributed by atoms with Crippen molar-refractivity contribution in [1.82, 2.24) is 4.90 Å². The van der Waals surface area contributed by atoms with Gasteiger partial charge in [-0.1, -0.05) is 57.2 Å². The first-order chi connectivity index (χ1) is 15.3. The summed E-state index contributed by atoms with van der Waals surface area (Å²) in [4.78, 5) is 27.6. The summed E-state index contributed by atoms with van der Waals surface area (Å²) in [5.41, 5.74) is 1.29. The Morgan fingerprint density at radius 3 is 2.44 bits per heavy atom. The molecule has 0 bridgehead atoms. The molecule has 0 aromatic heterocycles. The second-order valence-electron chi connectivity index (χ2n) is 8.60. The van der Waals surface area contributed by atoms with Crippen LogP contribution in [0.15, 0.2) is 48.5 Å². The Morgan fingerprint density at radius 2 is 1.81 bits per heavy atom. The number of hydrogen-bond acceptors (Lipinski definition) is 6. The Labute approximate surface area is 194 Å². The molecule has 1 fully saturated rings. The highest BCUT2D eigenvalue weighted by atomic mass is 32.2. The molecule has 0 saturated carbocycles. The van der Waals surface area contributed by atoms with Gasteiger partial charge in [0.15, 0.2) is 11.5 Å². The first-order valence-corrected chi connectivity index (χ1v) is 11.8. The molecule has 32 heavy (non-hydrogen) atoms. The molecule has 0 spiro atoms. The predicted molar refractivity (Wildman–Crippen MR) is 126 cm³/mol. The third kappa shape index (κ3) is 5.38. The smallest absolute Gasteiger partial charge is 0.329 e. The number of amides is 1. The van der Waals surface area contributed by atoms with Crippen molar-refractivity contribution >= 4 is 23.6 Å². The molecule has 1 heterocycles. The maximum Gasteiger partial charge on any atom is 0.329 e. The summed E-state index contributed by atoms with van der Waals surface area (Å²) in [7, 11) is 1.60. The van der Waals surface area contributed by atoms with Crippen LogP contribution in [0.1, 0.15) is 44.2 Å². The second kappa shape index (κ2) is 10.3. The van der Waals surface area contributed by atoms with Gasteiger partial charge in [-0.15, -0.1) is 11.8 Å². The van der Waals surface area contributed by atoms with E-state index in [9.17, 15) is 9.59 Å². The molecule has 2 aromatic carbocycles. The lowest BCUT2D eigenvalue weighted by molar-refractivity contribution is -0.156. The minimum atomic E-state index is -0.632. The average molecular weight is 458 g/mol. The summed E-state index contributed by atoms with van der Waals surface area (Å²) < 4.78 is 16.8. The van der Waals surface area contributed by atoms with E-state index in [1.807, 2.05) is 69.3 Å². The number of hydrogen-bond donors (Lipinski definition) is 0. The number of carbonyl (C=O) groups is 2. The third-order valence-corrected chi connectivity index (χ3v) is 6.47. The van der Waals surface area contributed by atoms with Gasteiger partial charge in [0, 0.05) is 11.2 Å². The summed E-state index contributed by atoms with van der Waals surface area (Å²) in [5.74, 6) is 1.24. The van der Waals surface area contributed by atoms with Gasteiger partial charge < -0.3 is 19.1 Å². The Kier molecular flexibility index (Phi) is 7.72. The fourth-order valence-electron chi connectivity index (χ4n) is 3.51. The molecular weight excluding hydrogens is 426 g/mol. The van der Waals surface area contributed by atoms with Crippen molar-refractivity contribution in [3.8, 4) is 11.5 Å². The number of methoxy groups -OCH3 is 1. The Morgan fingerprint density at radius 1 is 1.09 bits per heavy atom. The van der Waals surface area contributed by atoms with Gasteiger partial charge >= 0.3 is 5.97 Å².